The van der Waals surface area contributed by atoms with Crippen molar-refractivity contribution in [1.82, 2.24) is 5.32 Å². The molecule has 0 amide bonds. The first-order valence-corrected chi connectivity index (χ1v) is 8.91. The molecule has 106 valence electrons. The molecule has 1 aliphatic rings. The average molecular weight is 350 g/mol. The molecule has 1 N–H and O–H groups in total. The van der Waals surface area contributed by atoms with E-state index in [9.17, 15) is 0 Å². The van der Waals surface area contributed by atoms with Gasteiger partial charge in [-0.15, -0.1) is 11.3 Å². The Morgan fingerprint density at radius 2 is 1.95 bits per heavy atom. The first-order chi connectivity index (χ1) is 9.74. The van der Waals surface area contributed by atoms with E-state index in [1.54, 1.807) is 0 Å². The van der Waals surface area contributed by atoms with Gasteiger partial charge in [-0.2, -0.15) is 0 Å². The number of fused-ring (bicyclic) bond motifs is 1. The zero-order valence-electron chi connectivity index (χ0n) is 11.7. The van der Waals surface area contributed by atoms with Crippen LogP contribution in [0.4, 0.5) is 0 Å². The molecule has 0 fully saturated rings. The Hall–Kier alpha value is -0.640. The highest BCUT2D eigenvalue weighted by atomic mass is 79.9. The van der Waals surface area contributed by atoms with Gasteiger partial charge < -0.3 is 5.32 Å². The number of hydrogen-bond donors (Lipinski definition) is 1. The Balaban J connectivity index is 1.62. The van der Waals surface area contributed by atoms with Crippen LogP contribution < -0.4 is 5.32 Å². The summed E-state index contributed by atoms with van der Waals surface area (Å²) in [5, 5.41) is 3.75. The summed E-state index contributed by atoms with van der Waals surface area (Å²) in [6.07, 6.45) is 3.66. The number of hydrogen-bond acceptors (Lipinski definition) is 2. The summed E-state index contributed by atoms with van der Waals surface area (Å²) < 4.78 is 1.23. The molecule has 2 atom stereocenters. The summed E-state index contributed by atoms with van der Waals surface area (Å²) in [5.41, 5.74) is 3.05. The van der Waals surface area contributed by atoms with E-state index in [2.05, 4.69) is 64.6 Å². The minimum atomic E-state index is 0.533. The van der Waals surface area contributed by atoms with Gasteiger partial charge in [0.05, 0.1) is 3.79 Å². The molecule has 1 aliphatic carbocycles. The van der Waals surface area contributed by atoms with Gasteiger partial charge in [0.25, 0.3) is 0 Å². The summed E-state index contributed by atoms with van der Waals surface area (Å²) in [7, 11) is 0. The number of nitrogens with one attached hydrogen (secondary N) is 1. The van der Waals surface area contributed by atoms with Gasteiger partial charge in [-0.05, 0) is 64.4 Å². The second-order valence-corrected chi connectivity index (χ2v) is 8.12. The zero-order chi connectivity index (χ0) is 13.9. The predicted octanol–water partition coefficient (Wildman–Crippen LogP) is 5.28. The van der Waals surface area contributed by atoms with Crippen molar-refractivity contribution in [1.29, 1.82) is 0 Å². The van der Waals surface area contributed by atoms with Crippen molar-refractivity contribution in [2.75, 3.05) is 6.54 Å². The fourth-order valence-corrected chi connectivity index (χ4v) is 4.56. The molecule has 0 bridgehead atoms. The van der Waals surface area contributed by atoms with E-state index < -0.39 is 0 Å². The van der Waals surface area contributed by atoms with E-state index >= 15 is 0 Å². The van der Waals surface area contributed by atoms with Gasteiger partial charge >= 0.3 is 0 Å². The van der Waals surface area contributed by atoms with Crippen LogP contribution in [0.2, 0.25) is 0 Å². The second kappa shape index (κ2) is 6.42. The highest BCUT2D eigenvalue weighted by molar-refractivity contribution is 9.11. The lowest BCUT2D eigenvalue weighted by molar-refractivity contribution is 0.435. The Bertz CT molecular complexity index is 578. The first kappa shape index (κ1) is 14.3. The van der Waals surface area contributed by atoms with Crippen molar-refractivity contribution in [2.45, 2.75) is 38.1 Å². The molecule has 2 unspecified atom stereocenters. The van der Waals surface area contributed by atoms with Crippen molar-refractivity contribution in [3.63, 3.8) is 0 Å². The molecular formula is C17H20BrNS. The van der Waals surface area contributed by atoms with Gasteiger partial charge in [-0.3, -0.25) is 0 Å². The molecule has 1 heterocycles. The predicted molar refractivity (Wildman–Crippen MR) is 90.6 cm³/mol. The fraction of sp³-hybridized carbons (Fsp3) is 0.412. The highest BCUT2D eigenvalue weighted by Gasteiger charge is 2.23. The van der Waals surface area contributed by atoms with E-state index in [-0.39, 0.29) is 0 Å². The van der Waals surface area contributed by atoms with Gasteiger partial charge in [0, 0.05) is 17.5 Å². The summed E-state index contributed by atoms with van der Waals surface area (Å²) in [5.74, 6) is 0.706. The zero-order valence-corrected chi connectivity index (χ0v) is 14.1. The minimum Gasteiger partial charge on any atom is -0.310 e. The second-order valence-electron chi connectivity index (χ2n) is 5.57. The van der Waals surface area contributed by atoms with Crippen LogP contribution in [0.5, 0.6) is 0 Å². The van der Waals surface area contributed by atoms with E-state index in [1.807, 2.05) is 11.3 Å². The Morgan fingerprint density at radius 1 is 1.15 bits per heavy atom. The number of rotatable bonds is 4. The van der Waals surface area contributed by atoms with E-state index in [4.69, 9.17) is 0 Å². The maximum Gasteiger partial charge on any atom is 0.0701 e. The molecule has 3 heteroatoms. The van der Waals surface area contributed by atoms with Crippen LogP contribution >= 0.6 is 27.3 Å². The molecule has 20 heavy (non-hydrogen) atoms. The molecule has 1 aromatic carbocycles. The van der Waals surface area contributed by atoms with Crippen LogP contribution in [0, 0.1) is 0 Å². The lowest BCUT2D eigenvalue weighted by Gasteiger charge is -2.30. The maximum atomic E-state index is 3.75. The molecular weight excluding hydrogens is 330 g/mol. The van der Waals surface area contributed by atoms with Crippen LogP contribution in [-0.4, -0.2) is 6.54 Å². The van der Waals surface area contributed by atoms with Crippen LogP contribution in [0.25, 0.3) is 0 Å². The molecule has 0 aliphatic heterocycles. The van der Waals surface area contributed by atoms with Gasteiger partial charge in [-0.25, -0.2) is 0 Å². The largest absolute Gasteiger partial charge is 0.310 e. The lowest BCUT2D eigenvalue weighted by Crippen LogP contribution is -2.27. The standard InChI is InChI=1S/C17H20BrNS/c1-12-6-8-16(15-5-3-2-4-14(12)15)19-11-10-13-7-9-17(18)20-13/h2-5,7,9,12,16,19H,6,8,10-11H2,1H3. The summed E-state index contributed by atoms with van der Waals surface area (Å²) in [6, 6.07) is 13.8. The summed E-state index contributed by atoms with van der Waals surface area (Å²) in [4.78, 5) is 1.45. The van der Waals surface area contributed by atoms with Gasteiger partial charge in [0.15, 0.2) is 0 Å². The van der Waals surface area contributed by atoms with Crippen LogP contribution in [0.3, 0.4) is 0 Å². The van der Waals surface area contributed by atoms with Gasteiger partial charge in [0.2, 0.25) is 0 Å². The molecule has 2 aromatic rings. The summed E-state index contributed by atoms with van der Waals surface area (Å²) >= 11 is 5.36. The molecule has 1 nitrogen and oxygen atoms in total. The minimum absolute atomic E-state index is 0.533. The normalized spacial score (nSPS) is 21.7. The average Bonchev–Trinajstić information content (AvgIpc) is 2.87. The topological polar surface area (TPSA) is 12.0 Å². The molecule has 3 rings (SSSR count). The lowest BCUT2D eigenvalue weighted by atomic mass is 9.81. The monoisotopic (exact) mass is 349 g/mol. The number of thiophene rings is 1. The Morgan fingerprint density at radius 3 is 2.70 bits per heavy atom. The summed E-state index contributed by atoms with van der Waals surface area (Å²) in [6.45, 7) is 3.40. The van der Waals surface area contributed by atoms with Crippen molar-refractivity contribution in [2.24, 2.45) is 0 Å². The van der Waals surface area contributed by atoms with Crippen molar-refractivity contribution in [3.05, 3.63) is 56.2 Å². The molecule has 0 spiro atoms. The third-order valence-corrected chi connectivity index (χ3v) is 5.87. The van der Waals surface area contributed by atoms with Crippen molar-refractivity contribution < 1.29 is 0 Å². The van der Waals surface area contributed by atoms with Gasteiger partial charge in [0.1, 0.15) is 0 Å². The SMILES string of the molecule is CC1CCC(NCCc2ccc(Br)s2)c2ccccc21. The number of benzene rings is 1. The molecule has 1 aromatic heterocycles. The maximum absolute atomic E-state index is 3.75. The fourth-order valence-electron chi connectivity index (χ4n) is 3.07. The van der Waals surface area contributed by atoms with Gasteiger partial charge in [-0.1, -0.05) is 31.2 Å². The van der Waals surface area contributed by atoms with Crippen LogP contribution in [0.1, 0.15) is 47.7 Å². The van der Waals surface area contributed by atoms with E-state index in [0.717, 1.165) is 13.0 Å². The Labute approximate surface area is 133 Å². The van der Waals surface area contributed by atoms with E-state index in [1.165, 1.54) is 32.6 Å². The molecule has 0 saturated heterocycles. The van der Waals surface area contributed by atoms with Crippen molar-refractivity contribution in [3.8, 4) is 0 Å². The first-order valence-electron chi connectivity index (χ1n) is 7.30. The molecule has 0 radical (unpaired) electrons. The third-order valence-electron chi connectivity index (χ3n) is 4.18. The Kier molecular flexibility index (Phi) is 4.59. The molecule has 0 saturated carbocycles. The third kappa shape index (κ3) is 3.16. The van der Waals surface area contributed by atoms with Crippen LogP contribution in [-0.2, 0) is 6.42 Å². The number of halogens is 1. The highest BCUT2D eigenvalue weighted by Crippen LogP contribution is 2.36. The van der Waals surface area contributed by atoms with E-state index in [0.29, 0.717) is 12.0 Å². The smallest absolute Gasteiger partial charge is 0.0701 e. The van der Waals surface area contributed by atoms with Crippen LogP contribution in [0.15, 0.2) is 40.2 Å². The quantitative estimate of drug-likeness (QED) is 0.791. The van der Waals surface area contributed by atoms with Crippen molar-refractivity contribution >= 4 is 27.3 Å².